The number of para-hydroxylation sites is 1. The molecule has 2 amide bonds. The van der Waals surface area contributed by atoms with E-state index in [4.69, 9.17) is 0 Å². The van der Waals surface area contributed by atoms with E-state index in [9.17, 15) is 18.0 Å². The average molecular weight is 460 g/mol. The van der Waals surface area contributed by atoms with E-state index in [0.717, 1.165) is 27.3 Å². The number of benzene rings is 2. The Bertz CT molecular complexity index is 1020. The summed E-state index contributed by atoms with van der Waals surface area (Å²) in [5, 5.41) is 2.62. The Morgan fingerprint density at radius 3 is 2.09 bits per heavy atom. The molecule has 0 aliphatic carbocycles. The molecule has 0 heterocycles. The number of nitrogens with zero attached hydrogens (tertiary/aromatic N) is 2. The maximum absolute atomic E-state index is 13.5. The number of carbonyl (C=O) groups is 2. The van der Waals surface area contributed by atoms with E-state index in [1.807, 2.05) is 69.3 Å². The molecule has 8 heteroatoms. The van der Waals surface area contributed by atoms with Gasteiger partial charge in [0.05, 0.1) is 11.9 Å². The Hall–Kier alpha value is -2.87. The zero-order chi connectivity index (χ0) is 23.9. The van der Waals surface area contributed by atoms with Crippen LogP contribution in [0.1, 0.15) is 30.0 Å². The SMILES string of the molecule is CCC(C(=O)NC)N(CCc1ccccc1)C(=O)CN(c1c(C)cccc1C)S(C)(=O)=O. The molecule has 7 nitrogen and oxygen atoms in total. The van der Waals surface area contributed by atoms with Crippen molar-refractivity contribution in [2.75, 3.05) is 30.7 Å². The molecule has 1 unspecified atom stereocenters. The Labute approximate surface area is 191 Å². The van der Waals surface area contributed by atoms with Gasteiger partial charge in [0.2, 0.25) is 21.8 Å². The van der Waals surface area contributed by atoms with Crippen LogP contribution in [-0.2, 0) is 26.0 Å². The minimum Gasteiger partial charge on any atom is -0.357 e. The number of anilines is 1. The molecular formula is C24H33N3O4S. The second kappa shape index (κ2) is 11.1. The number of hydrogen-bond donors (Lipinski definition) is 1. The van der Waals surface area contributed by atoms with Gasteiger partial charge in [-0.05, 0) is 43.4 Å². The average Bonchev–Trinajstić information content (AvgIpc) is 2.75. The lowest BCUT2D eigenvalue weighted by atomic mass is 10.1. The fourth-order valence-electron chi connectivity index (χ4n) is 3.84. The molecular weight excluding hydrogens is 426 g/mol. The maximum atomic E-state index is 13.5. The standard InChI is InChI=1S/C24H33N3O4S/c1-6-21(24(29)25-4)26(16-15-20-13-8-7-9-14-20)22(28)17-27(32(5,30)31)23-18(2)11-10-12-19(23)3/h7-14,21H,6,15-17H2,1-5H3,(H,25,29). The van der Waals surface area contributed by atoms with Gasteiger partial charge < -0.3 is 10.2 Å². The number of amides is 2. The van der Waals surface area contributed by atoms with Gasteiger partial charge in [0.1, 0.15) is 12.6 Å². The summed E-state index contributed by atoms with van der Waals surface area (Å²) in [5.74, 6) is -0.684. The van der Waals surface area contributed by atoms with Crippen LogP contribution >= 0.6 is 0 Å². The predicted octanol–water partition coefficient (Wildman–Crippen LogP) is 2.67. The molecule has 0 saturated heterocycles. The van der Waals surface area contributed by atoms with Crippen LogP contribution in [0.15, 0.2) is 48.5 Å². The van der Waals surface area contributed by atoms with Crippen LogP contribution in [0, 0.1) is 13.8 Å². The van der Waals surface area contributed by atoms with Gasteiger partial charge in [-0.15, -0.1) is 0 Å². The highest BCUT2D eigenvalue weighted by Gasteiger charge is 2.31. The van der Waals surface area contributed by atoms with Gasteiger partial charge in [0.15, 0.2) is 0 Å². The summed E-state index contributed by atoms with van der Waals surface area (Å²) in [6.45, 7) is 5.41. The highest BCUT2D eigenvalue weighted by Crippen LogP contribution is 2.27. The molecule has 2 aromatic rings. The first kappa shape index (κ1) is 25.4. The quantitative estimate of drug-likeness (QED) is 0.592. The third-order valence-electron chi connectivity index (χ3n) is 5.48. The van der Waals surface area contributed by atoms with Crippen LogP contribution in [0.25, 0.3) is 0 Å². The Kier molecular flexibility index (Phi) is 8.83. The van der Waals surface area contributed by atoms with Crippen molar-refractivity contribution < 1.29 is 18.0 Å². The van der Waals surface area contributed by atoms with E-state index in [0.29, 0.717) is 25.1 Å². The van der Waals surface area contributed by atoms with Gasteiger partial charge in [-0.1, -0.05) is 55.5 Å². The highest BCUT2D eigenvalue weighted by atomic mass is 32.2. The van der Waals surface area contributed by atoms with Gasteiger partial charge in [-0.2, -0.15) is 0 Å². The topological polar surface area (TPSA) is 86.8 Å². The monoisotopic (exact) mass is 459 g/mol. The van der Waals surface area contributed by atoms with E-state index in [-0.39, 0.29) is 12.5 Å². The smallest absolute Gasteiger partial charge is 0.244 e. The highest BCUT2D eigenvalue weighted by molar-refractivity contribution is 7.92. The van der Waals surface area contributed by atoms with Crippen LogP contribution in [0.3, 0.4) is 0 Å². The number of sulfonamides is 1. The van der Waals surface area contributed by atoms with E-state index in [2.05, 4.69) is 5.32 Å². The number of aryl methyl sites for hydroxylation is 2. The molecule has 0 aromatic heterocycles. The van der Waals surface area contributed by atoms with Crippen molar-refractivity contribution in [1.29, 1.82) is 0 Å². The first-order valence-electron chi connectivity index (χ1n) is 10.7. The minimum atomic E-state index is -3.73. The molecule has 2 rings (SSSR count). The summed E-state index contributed by atoms with van der Waals surface area (Å²) >= 11 is 0. The van der Waals surface area contributed by atoms with Crippen LogP contribution in [0.4, 0.5) is 5.69 Å². The first-order valence-corrected chi connectivity index (χ1v) is 12.5. The van der Waals surface area contributed by atoms with Crippen molar-refractivity contribution in [3.63, 3.8) is 0 Å². The zero-order valence-electron chi connectivity index (χ0n) is 19.5. The fraction of sp³-hybridized carbons (Fsp3) is 0.417. The van der Waals surface area contributed by atoms with Gasteiger partial charge in [0.25, 0.3) is 0 Å². The first-order chi connectivity index (χ1) is 15.1. The molecule has 174 valence electrons. The summed E-state index contributed by atoms with van der Waals surface area (Å²) in [5.41, 5.74) is 3.06. The second-order valence-electron chi connectivity index (χ2n) is 7.87. The van der Waals surface area contributed by atoms with Crippen molar-refractivity contribution >= 4 is 27.5 Å². The molecule has 0 aliphatic rings. The lowest BCUT2D eigenvalue weighted by Crippen LogP contribution is -2.52. The Balaban J connectivity index is 2.40. The second-order valence-corrected chi connectivity index (χ2v) is 9.78. The largest absolute Gasteiger partial charge is 0.357 e. The Morgan fingerprint density at radius 2 is 1.59 bits per heavy atom. The predicted molar refractivity (Wildman–Crippen MR) is 128 cm³/mol. The molecule has 2 aromatic carbocycles. The molecule has 0 radical (unpaired) electrons. The van der Waals surface area contributed by atoms with Gasteiger partial charge in [-0.25, -0.2) is 8.42 Å². The van der Waals surface area contributed by atoms with E-state index in [1.165, 1.54) is 11.9 Å². The summed E-state index contributed by atoms with van der Waals surface area (Å²) in [6.07, 6.45) is 2.07. The van der Waals surface area contributed by atoms with Crippen molar-refractivity contribution in [3.05, 3.63) is 65.2 Å². The van der Waals surface area contributed by atoms with Crippen molar-refractivity contribution in [2.45, 2.75) is 39.7 Å². The van der Waals surface area contributed by atoms with E-state index >= 15 is 0 Å². The van der Waals surface area contributed by atoms with Gasteiger partial charge in [-0.3, -0.25) is 13.9 Å². The molecule has 0 fully saturated rings. The van der Waals surface area contributed by atoms with Crippen molar-refractivity contribution in [1.82, 2.24) is 10.2 Å². The lowest BCUT2D eigenvalue weighted by molar-refractivity contribution is -0.139. The third kappa shape index (κ3) is 6.32. The number of carbonyl (C=O) groups excluding carboxylic acids is 2. The Morgan fingerprint density at radius 1 is 1.00 bits per heavy atom. The molecule has 0 saturated carbocycles. The molecule has 1 atom stereocenters. The fourth-order valence-corrected chi connectivity index (χ4v) is 4.80. The molecule has 32 heavy (non-hydrogen) atoms. The summed E-state index contributed by atoms with van der Waals surface area (Å²) in [7, 11) is -2.20. The van der Waals surface area contributed by atoms with E-state index < -0.39 is 22.0 Å². The minimum absolute atomic E-state index is 0.271. The molecule has 1 N–H and O–H groups in total. The summed E-state index contributed by atoms with van der Waals surface area (Å²) < 4.78 is 26.5. The molecule has 0 bridgehead atoms. The third-order valence-corrected chi connectivity index (χ3v) is 6.60. The van der Waals surface area contributed by atoms with Crippen LogP contribution in [-0.4, -0.2) is 57.6 Å². The zero-order valence-corrected chi connectivity index (χ0v) is 20.3. The molecule has 0 aliphatic heterocycles. The van der Waals surface area contributed by atoms with Crippen LogP contribution in [0.5, 0.6) is 0 Å². The maximum Gasteiger partial charge on any atom is 0.244 e. The van der Waals surface area contributed by atoms with Crippen LogP contribution < -0.4 is 9.62 Å². The number of rotatable bonds is 10. The van der Waals surface area contributed by atoms with Crippen molar-refractivity contribution in [3.8, 4) is 0 Å². The number of hydrogen-bond acceptors (Lipinski definition) is 4. The lowest BCUT2D eigenvalue weighted by Gasteiger charge is -2.33. The summed E-state index contributed by atoms with van der Waals surface area (Å²) in [4.78, 5) is 27.5. The normalized spacial score (nSPS) is 12.2. The number of likely N-dealkylation sites (N-methyl/N-ethyl adjacent to an activating group) is 1. The summed E-state index contributed by atoms with van der Waals surface area (Å²) in [6, 6.07) is 14.5. The van der Waals surface area contributed by atoms with Gasteiger partial charge >= 0.3 is 0 Å². The van der Waals surface area contributed by atoms with Crippen molar-refractivity contribution in [2.24, 2.45) is 0 Å². The molecule has 0 spiro atoms. The van der Waals surface area contributed by atoms with E-state index in [1.54, 1.807) is 0 Å². The van der Waals surface area contributed by atoms with Gasteiger partial charge in [0, 0.05) is 13.6 Å². The van der Waals surface area contributed by atoms with Crippen LogP contribution in [0.2, 0.25) is 0 Å². The number of nitrogens with one attached hydrogen (secondary N) is 1.